The maximum atomic E-state index is 13.7. The van der Waals surface area contributed by atoms with Gasteiger partial charge in [-0.2, -0.15) is 8.78 Å². The van der Waals surface area contributed by atoms with E-state index in [9.17, 15) is 18.0 Å². The molecule has 2 aromatic carbocycles. The number of anilines is 1. The second kappa shape index (κ2) is 8.57. The zero-order chi connectivity index (χ0) is 18.4. The van der Waals surface area contributed by atoms with Crippen LogP contribution in [0.3, 0.4) is 0 Å². The number of alkyl halides is 2. The monoisotopic (exact) mass is 415 g/mol. The Morgan fingerprint density at radius 1 is 1.20 bits per heavy atom. The van der Waals surface area contributed by atoms with Gasteiger partial charge in [0.05, 0.1) is 12.8 Å². The highest BCUT2D eigenvalue weighted by Gasteiger charge is 2.10. The van der Waals surface area contributed by atoms with E-state index in [0.717, 1.165) is 0 Å². The number of nitrogens with one attached hydrogen (secondary N) is 1. The molecule has 0 fully saturated rings. The highest BCUT2D eigenvalue weighted by Crippen LogP contribution is 2.29. The number of halogens is 4. The molecule has 2 aromatic rings. The van der Waals surface area contributed by atoms with Crippen LogP contribution in [0.4, 0.5) is 18.9 Å². The molecule has 4 nitrogen and oxygen atoms in total. The molecule has 0 aliphatic rings. The average molecular weight is 416 g/mol. The number of carbonyl (C=O) groups is 1. The Morgan fingerprint density at radius 2 is 1.96 bits per heavy atom. The first-order valence-electron chi connectivity index (χ1n) is 6.96. The van der Waals surface area contributed by atoms with E-state index in [2.05, 4.69) is 26.0 Å². The van der Waals surface area contributed by atoms with Crippen molar-refractivity contribution >= 4 is 33.6 Å². The third-order valence-electron chi connectivity index (χ3n) is 3.02. The lowest BCUT2D eigenvalue weighted by atomic mass is 10.2. The normalized spacial score (nSPS) is 11.0. The largest absolute Gasteiger partial charge is 0.493 e. The van der Waals surface area contributed by atoms with Gasteiger partial charge in [0.15, 0.2) is 11.5 Å². The second-order valence-electron chi connectivity index (χ2n) is 4.74. The molecule has 0 unspecified atom stereocenters. The van der Waals surface area contributed by atoms with Gasteiger partial charge in [0.25, 0.3) is 0 Å². The van der Waals surface area contributed by atoms with Gasteiger partial charge in [-0.25, -0.2) is 4.39 Å². The average Bonchev–Trinajstić information content (AvgIpc) is 2.56. The van der Waals surface area contributed by atoms with E-state index in [0.29, 0.717) is 10.0 Å². The molecule has 0 heterocycles. The van der Waals surface area contributed by atoms with Crippen LogP contribution in [-0.2, 0) is 4.79 Å². The molecular weight excluding hydrogens is 403 g/mol. The minimum Gasteiger partial charge on any atom is -0.493 e. The lowest BCUT2D eigenvalue weighted by Crippen LogP contribution is -2.09. The van der Waals surface area contributed by atoms with Crippen molar-refractivity contribution in [2.24, 2.45) is 0 Å². The van der Waals surface area contributed by atoms with Gasteiger partial charge in [-0.1, -0.05) is 22.0 Å². The fourth-order valence-corrected chi connectivity index (χ4v) is 2.25. The molecule has 2 rings (SSSR count). The highest BCUT2D eigenvalue weighted by molar-refractivity contribution is 9.10. The molecule has 0 saturated heterocycles. The van der Waals surface area contributed by atoms with Crippen molar-refractivity contribution in [1.29, 1.82) is 0 Å². The van der Waals surface area contributed by atoms with Crippen LogP contribution in [0.5, 0.6) is 11.5 Å². The number of carbonyl (C=O) groups excluding carboxylic acids is 1. The molecular formula is C17H13BrF3NO3. The van der Waals surface area contributed by atoms with Gasteiger partial charge < -0.3 is 14.8 Å². The number of rotatable bonds is 6. The van der Waals surface area contributed by atoms with Gasteiger partial charge in [-0.05, 0) is 42.0 Å². The molecule has 0 atom stereocenters. The van der Waals surface area contributed by atoms with E-state index in [1.165, 1.54) is 49.6 Å². The first kappa shape index (κ1) is 18.9. The van der Waals surface area contributed by atoms with Crippen molar-refractivity contribution in [3.8, 4) is 11.5 Å². The summed E-state index contributed by atoms with van der Waals surface area (Å²) in [5.41, 5.74) is 0.556. The highest BCUT2D eigenvalue weighted by atomic mass is 79.9. The SMILES string of the molecule is COc1cc(/C=C/C(=O)Nc2ccc(Br)cc2F)ccc1OC(F)F. The number of hydrogen-bond acceptors (Lipinski definition) is 3. The third kappa shape index (κ3) is 5.53. The summed E-state index contributed by atoms with van der Waals surface area (Å²) < 4.78 is 48.0. The molecule has 25 heavy (non-hydrogen) atoms. The molecule has 132 valence electrons. The van der Waals surface area contributed by atoms with E-state index in [1.807, 2.05) is 0 Å². The lowest BCUT2D eigenvalue weighted by molar-refractivity contribution is -0.111. The molecule has 1 amide bonds. The quantitative estimate of drug-likeness (QED) is 0.685. The molecule has 0 saturated carbocycles. The summed E-state index contributed by atoms with van der Waals surface area (Å²) >= 11 is 3.12. The van der Waals surface area contributed by atoms with Crippen LogP contribution in [0.15, 0.2) is 46.9 Å². The van der Waals surface area contributed by atoms with E-state index in [1.54, 1.807) is 6.07 Å². The number of hydrogen-bond donors (Lipinski definition) is 1. The van der Waals surface area contributed by atoms with Crippen molar-refractivity contribution in [2.45, 2.75) is 6.61 Å². The van der Waals surface area contributed by atoms with Crippen LogP contribution >= 0.6 is 15.9 Å². The van der Waals surface area contributed by atoms with Crippen molar-refractivity contribution in [3.05, 3.63) is 58.3 Å². The van der Waals surface area contributed by atoms with E-state index >= 15 is 0 Å². The van der Waals surface area contributed by atoms with Gasteiger partial charge >= 0.3 is 6.61 Å². The zero-order valence-corrected chi connectivity index (χ0v) is 14.5. The second-order valence-corrected chi connectivity index (χ2v) is 5.65. The maximum Gasteiger partial charge on any atom is 0.387 e. The maximum absolute atomic E-state index is 13.7. The molecule has 1 N–H and O–H groups in total. The standard InChI is InChI=1S/C17H13BrF3NO3/c1-24-15-8-10(2-6-14(15)25-17(20)21)3-7-16(23)22-13-5-4-11(18)9-12(13)19/h2-9,17H,1H3,(H,22,23)/b7-3+. The summed E-state index contributed by atoms with van der Waals surface area (Å²) in [4.78, 5) is 11.9. The minimum absolute atomic E-state index is 0.0381. The van der Waals surface area contributed by atoms with Crippen LogP contribution in [-0.4, -0.2) is 19.6 Å². The summed E-state index contributed by atoms with van der Waals surface area (Å²) in [5, 5.41) is 2.40. The minimum atomic E-state index is -2.97. The van der Waals surface area contributed by atoms with Crippen LogP contribution in [0.1, 0.15) is 5.56 Å². The van der Waals surface area contributed by atoms with Crippen LogP contribution < -0.4 is 14.8 Å². The Labute approximate surface area is 150 Å². The molecule has 8 heteroatoms. The van der Waals surface area contributed by atoms with Crippen molar-refractivity contribution in [2.75, 3.05) is 12.4 Å². The van der Waals surface area contributed by atoms with Gasteiger partial charge in [-0.15, -0.1) is 0 Å². The molecule has 0 aromatic heterocycles. The smallest absolute Gasteiger partial charge is 0.387 e. The number of benzene rings is 2. The zero-order valence-electron chi connectivity index (χ0n) is 12.9. The van der Waals surface area contributed by atoms with E-state index in [-0.39, 0.29) is 17.2 Å². The molecule has 0 aliphatic heterocycles. The summed E-state index contributed by atoms with van der Waals surface area (Å²) in [6.07, 6.45) is 2.62. The fraction of sp³-hybridized carbons (Fsp3) is 0.118. The van der Waals surface area contributed by atoms with Crippen molar-refractivity contribution in [1.82, 2.24) is 0 Å². The van der Waals surface area contributed by atoms with Gasteiger partial charge in [-0.3, -0.25) is 4.79 Å². The first-order valence-corrected chi connectivity index (χ1v) is 7.75. The first-order chi connectivity index (χ1) is 11.9. The Hall–Kier alpha value is -2.48. The molecule has 0 spiro atoms. The van der Waals surface area contributed by atoms with Crippen LogP contribution in [0.2, 0.25) is 0 Å². The van der Waals surface area contributed by atoms with Crippen LogP contribution in [0, 0.1) is 5.82 Å². The number of methoxy groups -OCH3 is 1. The van der Waals surface area contributed by atoms with Gasteiger partial charge in [0, 0.05) is 10.5 Å². The number of amides is 1. The fourth-order valence-electron chi connectivity index (χ4n) is 1.92. The third-order valence-corrected chi connectivity index (χ3v) is 3.51. The predicted octanol–water partition coefficient (Wildman–Crippen LogP) is 4.85. The summed E-state index contributed by atoms with van der Waals surface area (Å²) in [6.45, 7) is -2.97. The summed E-state index contributed by atoms with van der Waals surface area (Å²) in [7, 11) is 1.31. The Morgan fingerprint density at radius 3 is 2.60 bits per heavy atom. The molecule has 0 radical (unpaired) electrons. The van der Waals surface area contributed by atoms with E-state index in [4.69, 9.17) is 4.74 Å². The molecule has 0 bridgehead atoms. The van der Waals surface area contributed by atoms with E-state index < -0.39 is 18.3 Å². The summed E-state index contributed by atoms with van der Waals surface area (Å²) in [6, 6.07) is 8.45. The predicted molar refractivity (Wildman–Crippen MR) is 91.4 cm³/mol. The Kier molecular flexibility index (Phi) is 6.46. The Balaban J connectivity index is 2.08. The lowest BCUT2D eigenvalue weighted by Gasteiger charge is -2.10. The Bertz CT molecular complexity index is 797. The number of ether oxygens (including phenoxy) is 2. The topological polar surface area (TPSA) is 47.6 Å². The molecule has 0 aliphatic carbocycles. The van der Waals surface area contributed by atoms with Gasteiger partial charge in [0.1, 0.15) is 5.82 Å². The van der Waals surface area contributed by atoms with Crippen molar-refractivity contribution in [3.63, 3.8) is 0 Å². The van der Waals surface area contributed by atoms with Crippen LogP contribution in [0.25, 0.3) is 6.08 Å². The van der Waals surface area contributed by atoms with Crippen molar-refractivity contribution < 1.29 is 27.4 Å². The summed E-state index contributed by atoms with van der Waals surface area (Å²) in [5.74, 6) is -1.14. The van der Waals surface area contributed by atoms with Gasteiger partial charge in [0.2, 0.25) is 5.91 Å².